The average Bonchev–Trinajstić information content (AvgIpc) is 2.39. The van der Waals surface area contributed by atoms with E-state index in [4.69, 9.17) is 5.73 Å². The molecule has 0 saturated carbocycles. The summed E-state index contributed by atoms with van der Waals surface area (Å²) in [7, 11) is -2.74. The molecule has 1 heterocycles. The van der Waals surface area contributed by atoms with Crippen LogP contribution in [0, 0.1) is 11.6 Å². The monoisotopic (exact) mass is 356 g/mol. The molecule has 0 saturated heterocycles. The largest absolute Gasteiger partial charge is 0.386 e. The molecule has 0 fully saturated rings. The molecule has 1 aliphatic rings. The number of carbonyl (C=O) groups excluding carboxylic acids is 1. The molecule has 2 N–H and O–H groups in total. The van der Waals surface area contributed by atoms with Gasteiger partial charge in [-0.3, -0.25) is 14.0 Å². The second-order valence-electron chi connectivity index (χ2n) is 7.06. The first-order chi connectivity index (χ1) is 10.8. The first-order valence-electron chi connectivity index (χ1n) is 7.48. The number of benzene rings is 1. The summed E-state index contributed by atoms with van der Waals surface area (Å²) in [6.07, 6.45) is -0.0231. The quantitative estimate of drug-likeness (QED) is 0.844. The lowest BCUT2D eigenvalue weighted by molar-refractivity contribution is -0.116. The SMILES string of the molecule is C=S1(=O)C[C@@](C)(c2cc(CC(C)=O)cc(F)c2F)N=C(N)C1(C)C. The molecule has 1 aliphatic heterocycles. The van der Waals surface area contributed by atoms with Gasteiger partial charge in [-0.2, -0.15) is 0 Å². The van der Waals surface area contributed by atoms with E-state index in [1.165, 1.54) is 13.0 Å². The third-order valence-electron chi connectivity index (χ3n) is 4.55. The Bertz CT molecular complexity index is 844. The molecule has 0 aromatic heterocycles. The lowest BCUT2D eigenvalue weighted by atomic mass is 9.90. The Morgan fingerprint density at radius 2 is 1.96 bits per heavy atom. The van der Waals surface area contributed by atoms with Crippen molar-refractivity contribution in [2.45, 2.75) is 44.4 Å². The second kappa shape index (κ2) is 5.65. The molecular weight excluding hydrogens is 334 g/mol. The van der Waals surface area contributed by atoms with E-state index in [2.05, 4.69) is 10.9 Å². The minimum Gasteiger partial charge on any atom is -0.386 e. The molecule has 0 aliphatic carbocycles. The number of hydrogen-bond donors (Lipinski definition) is 1. The third-order valence-corrected chi connectivity index (χ3v) is 7.65. The second-order valence-corrected chi connectivity index (χ2v) is 9.99. The molecule has 132 valence electrons. The van der Waals surface area contributed by atoms with Crippen molar-refractivity contribution in [2.75, 3.05) is 5.75 Å². The third kappa shape index (κ3) is 2.97. The predicted octanol–water partition coefficient (Wildman–Crippen LogP) is 2.18. The lowest BCUT2D eigenvalue weighted by Gasteiger charge is -2.41. The highest BCUT2D eigenvalue weighted by molar-refractivity contribution is 8.02. The Kier molecular flexibility index (Phi) is 4.37. The molecule has 0 amide bonds. The van der Waals surface area contributed by atoms with Crippen LogP contribution in [0.4, 0.5) is 8.78 Å². The van der Waals surface area contributed by atoms with Crippen molar-refractivity contribution in [1.29, 1.82) is 0 Å². The fraction of sp³-hybridized carbons (Fsp3) is 0.471. The van der Waals surface area contributed by atoms with Crippen LogP contribution in [0.15, 0.2) is 17.1 Å². The molecule has 2 rings (SSSR count). The Labute approximate surface area is 141 Å². The zero-order valence-electron chi connectivity index (χ0n) is 14.3. The molecule has 0 spiro atoms. The fourth-order valence-corrected chi connectivity index (χ4v) is 4.74. The van der Waals surface area contributed by atoms with Gasteiger partial charge in [0.1, 0.15) is 11.6 Å². The van der Waals surface area contributed by atoms with Crippen LogP contribution < -0.4 is 5.73 Å². The van der Waals surface area contributed by atoms with Crippen LogP contribution in [0.2, 0.25) is 0 Å². The Balaban J connectivity index is 2.69. The number of hydrogen-bond acceptors (Lipinski definition) is 4. The van der Waals surface area contributed by atoms with Crippen molar-refractivity contribution in [3.8, 4) is 0 Å². The highest BCUT2D eigenvalue weighted by Gasteiger charge is 2.46. The summed E-state index contributed by atoms with van der Waals surface area (Å²) in [5.41, 5.74) is 4.94. The summed E-state index contributed by atoms with van der Waals surface area (Å²) in [4.78, 5) is 15.6. The van der Waals surface area contributed by atoms with Crippen molar-refractivity contribution >= 4 is 27.0 Å². The van der Waals surface area contributed by atoms with Gasteiger partial charge in [0, 0.05) is 17.7 Å². The van der Waals surface area contributed by atoms with Gasteiger partial charge in [-0.15, -0.1) is 0 Å². The van der Waals surface area contributed by atoms with Gasteiger partial charge >= 0.3 is 0 Å². The molecule has 1 aromatic rings. The van der Waals surface area contributed by atoms with Gasteiger partial charge in [-0.25, -0.2) is 8.78 Å². The molecule has 7 heteroatoms. The summed E-state index contributed by atoms with van der Waals surface area (Å²) in [5, 5.41) is 0. The van der Waals surface area contributed by atoms with Gasteiger partial charge in [0.05, 0.1) is 10.3 Å². The van der Waals surface area contributed by atoms with Crippen LogP contribution in [-0.4, -0.2) is 32.2 Å². The molecule has 4 nitrogen and oxygen atoms in total. The van der Waals surface area contributed by atoms with E-state index in [9.17, 15) is 17.8 Å². The maximum atomic E-state index is 14.4. The van der Waals surface area contributed by atoms with Crippen LogP contribution in [0.3, 0.4) is 0 Å². The fourth-order valence-electron chi connectivity index (χ4n) is 2.82. The number of amidine groups is 1. The minimum atomic E-state index is -2.74. The van der Waals surface area contributed by atoms with E-state index < -0.39 is 31.4 Å². The van der Waals surface area contributed by atoms with Crippen molar-refractivity contribution in [2.24, 2.45) is 10.7 Å². The minimum absolute atomic E-state index is 0.0231. The number of aliphatic imine (C=N–C) groups is 1. The Morgan fingerprint density at radius 3 is 2.46 bits per heavy atom. The zero-order chi connectivity index (χ0) is 18.5. The molecule has 24 heavy (non-hydrogen) atoms. The molecule has 2 atom stereocenters. The molecule has 1 unspecified atom stereocenters. The summed E-state index contributed by atoms with van der Waals surface area (Å²) >= 11 is 0. The summed E-state index contributed by atoms with van der Waals surface area (Å²) < 4.78 is 40.5. The standard InChI is InChI=1S/C17H22F2N2O2S/c1-10(22)6-11-7-12(14(19)13(18)8-11)17(4)9-24(5,23)16(2,3)15(20)21-17/h7-8H,5-6,9H2,1-4H3,(H2,20,21)/t17-,24?/m0/s1. The van der Waals surface area contributed by atoms with Crippen LogP contribution in [0.25, 0.3) is 0 Å². The summed E-state index contributed by atoms with van der Waals surface area (Å²) in [5.74, 6) is 1.48. The maximum absolute atomic E-state index is 14.4. The highest BCUT2D eigenvalue weighted by atomic mass is 32.2. The lowest BCUT2D eigenvalue weighted by Crippen LogP contribution is -2.54. The first kappa shape index (κ1) is 18.6. The molecule has 0 radical (unpaired) electrons. The average molecular weight is 356 g/mol. The Morgan fingerprint density at radius 1 is 1.38 bits per heavy atom. The van der Waals surface area contributed by atoms with Crippen LogP contribution >= 0.6 is 0 Å². The van der Waals surface area contributed by atoms with Crippen molar-refractivity contribution in [1.82, 2.24) is 0 Å². The van der Waals surface area contributed by atoms with E-state index >= 15 is 0 Å². The van der Waals surface area contributed by atoms with E-state index in [0.717, 1.165) is 6.07 Å². The van der Waals surface area contributed by atoms with Gasteiger partial charge in [0.15, 0.2) is 11.6 Å². The van der Waals surface area contributed by atoms with E-state index in [0.29, 0.717) is 5.56 Å². The smallest absolute Gasteiger partial charge is 0.164 e. The molecule has 0 bridgehead atoms. The van der Waals surface area contributed by atoms with E-state index in [1.54, 1.807) is 20.8 Å². The number of nitrogens with two attached hydrogens (primary N) is 1. The Hall–Kier alpha value is -1.76. The number of carbonyl (C=O) groups is 1. The maximum Gasteiger partial charge on any atom is 0.164 e. The number of Topliss-reactive ketones (excluding diaryl/α,β-unsaturated/α-hetero) is 1. The summed E-state index contributed by atoms with van der Waals surface area (Å²) in [6, 6.07) is 2.38. The van der Waals surface area contributed by atoms with Crippen LogP contribution in [0.1, 0.15) is 38.8 Å². The predicted molar refractivity (Wildman–Crippen MR) is 93.9 cm³/mol. The molecular formula is C17H22F2N2O2S. The van der Waals surface area contributed by atoms with Gasteiger partial charge in [0.2, 0.25) is 0 Å². The number of nitrogens with zero attached hydrogens (tertiary/aromatic N) is 1. The van der Waals surface area contributed by atoms with E-state index in [-0.39, 0.29) is 29.4 Å². The first-order valence-corrected chi connectivity index (χ1v) is 9.38. The van der Waals surface area contributed by atoms with Gasteiger partial charge in [-0.1, -0.05) is 0 Å². The normalized spacial score (nSPS) is 29.2. The van der Waals surface area contributed by atoms with Crippen LogP contribution in [0.5, 0.6) is 0 Å². The number of rotatable bonds is 3. The van der Waals surface area contributed by atoms with Crippen molar-refractivity contribution in [3.63, 3.8) is 0 Å². The van der Waals surface area contributed by atoms with Crippen LogP contribution in [-0.2, 0) is 26.3 Å². The van der Waals surface area contributed by atoms with Gasteiger partial charge in [-0.05, 0) is 60.8 Å². The summed E-state index contributed by atoms with van der Waals surface area (Å²) in [6.45, 7) is 6.26. The van der Waals surface area contributed by atoms with Crippen molar-refractivity contribution < 1.29 is 17.8 Å². The van der Waals surface area contributed by atoms with Gasteiger partial charge < -0.3 is 5.73 Å². The van der Waals surface area contributed by atoms with Crippen molar-refractivity contribution in [3.05, 3.63) is 34.9 Å². The zero-order valence-corrected chi connectivity index (χ0v) is 15.1. The highest BCUT2D eigenvalue weighted by Crippen LogP contribution is 2.38. The van der Waals surface area contributed by atoms with Gasteiger partial charge in [0.25, 0.3) is 0 Å². The number of ketones is 1. The molecule has 1 aromatic carbocycles. The number of halogens is 2. The topological polar surface area (TPSA) is 72.5 Å². The van der Waals surface area contributed by atoms with E-state index in [1.807, 2.05) is 0 Å².